The summed E-state index contributed by atoms with van der Waals surface area (Å²) in [6.45, 7) is 0. The monoisotopic (exact) mass is 303 g/mol. The Morgan fingerprint density at radius 1 is 1.33 bits per heavy atom. The SMILES string of the molecule is Nc1cc2c(cc1Sc1n[nH]c(=O)n1C1CC1)NC(=O)C2. The number of anilines is 2. The quantitative estimate of drug-likeness (QED) is 0.737. The Balaban J connectivity index is 1.71. The van der Waals surface area contributed by atoms with Crippen LogP contribution in [-0.2, 0) is 11.2 Å². The molecule has 2 aromatic rings. The molecule has 1 aromatic heterocycles. The maximum Gasteiger partial charge on any atom is 0.344 e. The third kappa shape index (κ3) is 2.11. The molecule has 2 heterocycles. The van der Waals surface area contributed by atoms with Crippen molar-refractivity contribution in [1.29, 1.82) is 0 Å². The molecule has 8 heteroatoms. The van der Waals surface area contributed by atoms with Crippen LogP contribution in [-0.4, -0.2) is 20.7 Å². The summed E-state index contributed by atoms with van der Waals surface area (Å²) in [5, 5.41) is 9.96. The minimum absolute atomic E-state index is 0.0267. The lowest BCUT2D eigenvalue weighted by atomic mass is 10.1. The standard InChI is InChI=1S/C13H13N5O2S/c14-8-3-6-4-11(19)15-9(6)5-10(8)21-13-17-16-12(20)18(13)7-1-2-7/h3,5,7H,1-2,4,14H2,(H,15,19)(H,16,20). The van der Waals surface area contributed by atoms with Gasteiger partial charge in [-0.15, -0.1) is 5.10 Å². The third-order valence-electron chi connectivity index (χ3n) is 3.65. The summed E-state index contributed by atoms with van der Waals surface area (Å²) in [6.07, 6.45) is 2.37. The Morgan fingerprint density at radius 2 is 2.14 bits per heavy atom. The molecule has 21 heavy (non-hydrogen) atoms. The van der Waals surface area contributed by atoms with E-state index >= 15 is 0 Å². The van der Waals surface area contributed by atoms with E-state index in [0.717, 1.165) is 29.0 Å². The maximum absolute atomic E-state index is 11.8. The fraction of sp³-hybridized carbons (Fsp3) is 0.308. The van der Waals surface area contributed by atoms with Gasteiger partial charge in [0, 0.05) is 22.3 Å². The number of fused-ring (bicyclic) bond motifs is 1. The van der Waals surface area contributed by atoms with E-state index in [1.54, 1.807) is 4.57 Å². The fourth-order valence-electron chi connectivity index (χ4n) is 2.48. The molecule has 1 aliphatic carbocycles. The van der Waals surface area contributed by atoms with Crippen LogP contribution in [0.5, 0.6) is 0 Å². The van der Waals surface area contributed by atoms with E-state index in [2.05, 4.69) is 15.5 Å². The highest BCUT2D eigenvalue weighted by atomic mass is 32.2. The van der Waals surface area contributed by atoms with Gasteiger partial charge < -0.3 is 11.1 Å². The number of hydrogen-bond acceptors (Lipinski definition) is 5. The molecule has 7 nitrogen and oxygen atoms in total. The van der Waals surface area contributed by atoms with E-state index in [9.17, 15) is 9.59 Å². The van der Waals surface area contributed by atoms with Gasteiger partial charge in [0.2, 0.25) is 5.91 Å². The van der Waals surface area contributed by atoms with Gasteiger partial charge in [-0.05, 0) is 42.3 Å². The van der Waals surface area contributed by atoms with Crippen molar-refractivity contribution < 1.29 is 4.79 Å². The first-order chi connectivity index (χ1) is 10.1. The van der Waals surface area contributed by atoms with E-state index in [1.807, 2.05) is 12.1 Å². The zero-order chi connectivity index (χ0) is 14.6. The zero-order valence-corrected chi connectivity index (χ0v) is 11.9. The van der Waals surface area contributed by atoms with Crippen LogP contribution < -0.4 is 16.7 Å². The molecule has 1 aliphatic heterocycles. The molecule has 0 spiro atoms. The highest BCUT2D eigenvalue weighted by Gasteiger charge is 2.29. The van der Waals surface area contributed by atoms with Crippen molar-refractivity contribution in [3.63, 3.8) is 0 Å². The number of hydrogen-bond donors (Lipinski definition) is 3. The van der Waals surface area contributed by atoms with Gasteiger partial charge in [0.05, 0.1) is 6.42 Å². The van der Waals surface area contributed by atoms with Crippen molar-refractivity contribution in [2.75, 3.05) is 11.1 Å². The Labute approximate surface area is 123 Å². The molecule has 1 amide bonds. The molecular formula is C13H13N5O2S. The number of nitrogen functional groups attached to an aromatic ring is 1. The van der Waals surface area contributed by atoms with Gasteiger partial charge in [-0.1, -0.05) is 0 Å². The normalized spacial score (nSPS) is 16.9. The van der Waals surface area contributed by atoms with E-state index < -0.39 is 0 Å². The smallest absolute Gasteiger partial charge is 0.344 e. The number of H-pyrrole nitrogens is 1. The second kappa shape index (κ2) is 4.39. The first kappa shape index (κ1) is 12.5. The number of nitrogens with two attached hydrogens (primary N) is 1. The van der Waals surface area contributed by atoms with E-state index in [4.69, 9.17) is 5.73 Å². The van der Waals surface area contributed by atoms with Gasteiger partial charge in [-0.3, -0.25) is 9.36 Å². The van der Waals surface area contributed by atoms with Gasteiger partial charge in [-0.2, -0.15) is 0 Å². The number of aromatic amines is 1. The highest BCUT2D eigenvalue weighted by Crippen LogP contribution is 2.40. The molecule has 0 atom stereocenters. The van der Waals surface area contributed by atoms with Crippen molar-refractivity contribution in [1.82, 2.24) is 14.8 Å². The molecule has 0 unspecified atom stereocenters. The molecule has 1 fully saturated rings. The lowest BCUT2D eigenvalue weighted by molar-refractivity contribution is -0.115. The van der Waals surface area contributed by atoms with Crippen LogP contribution in [0.15, 0.2) is 27.0 Å². The number of benzene rings is 1. The molecule has 1 aromatic carbocycles. The fourth-order valence-corrected chi connectivity index (χ4v) is 3.45. The average Bonchev–Trinajstić information content (AvgIpc) is 3.11. The number of nitrogens with one attached hydrogen (secondary N) is 2. The summed E-state index contributed by atoms with van der Waals surface area (Å²) in [7, 11) is 0. The Bertz CT molecular complexity index is 805. The number of nitrogens with zero attached hydrogens (tertiary/aromatic N) is 2. The molecule has 108 valence electrons. The zero-order valence-electron chi connectivity index (χ0n) is 11.0. The molecule has 0 bridgehead atoms. The molecule has 0 saturated heterocycles. The van der Waals surface area contributed by atoms with Gasteiger partial charge in [0.25, 0.3) is 0 Å². The Morgan fingerprint density at radius 3 is 2.90 bits per heavy atom. The van der Waals surface area contributed by atoms with Crippen molar-refractivity contribution in [3.05, 3.63) is 28.2 Å². The van der Waals surface area contributed by atoms with Crippen LogP contribution in [0, 0.1) is 0 Å². The summed E-state index contributed by atoms with van der Waals surface area (Å²) in [5.74, 6) is -0.0267. The van der Waals surface area contributed by atoms with Gasteiger partial charge in [0.1, 0.15) is 0 Å². The molecule has 2 aliphatic rings. The highest BCUT2D eigenvalue weighted by molar-refractivity contribution is 7.99. The van der Waals surface area contributed by atoms with E-state index in [-0.39, 0.29) is 17.6 Å². The van der Waals surface area contributed by atoms with E-state index in [1.165, 1.54) is 11.8 Å². The second-order valence-electron chi connectivity index (χ2n) is 5.29. The first-order valence-corrected chi connectivity index (χ1v) is 7.50. The summed E-state index contributed by atoms with van der Waals surface area (Å²) in [5.41, 5.74) is 8.14. The molecular weight excluding hydrogens is 290 g/mol. The topological polar surface area (TPSA) is 106 Å². The predicted octanol–water partition coefficient (Wildman–Crippen LogP) is 1.13. The Kier molecular flexibility index (Phi) is 2.61. The van der Waals surface area contributed by atoms with Crippen LogP contribution in [0.3, 0.4) is 0 Å². The molecule has 4 rings (SSSR count). The van der Waals surface area contributed by atoms with Crippen LogP contribution in [0.1, 0.15) is 24.4 Å². The third-order valence-corrected chi connectivity index (χ3v) is 4.69. The minimum Gasteiger partial charge on any atom is -0.398 e. The lowest BCUT2D eigenvalue weighted by Crippen LogP contribution is -2.16. The number of rotatable bonds is 3. The van der Waals surface area contributed by atoms with Crippen LogP contribution in [0.2, 0.25) is 0 Å². The molecule has 1 saturated carbocycles. The van der Waals surface area contributed by atoms with E-state index in [0.29, 0.717) is 17.3 Å². The van der Waals surface area contributed by atoms with Crippen LogP contribution >= 0.6 is 11.8 Å². The predicted molar refractivity (Wildman–Crippen MR) is 78.4 cm³/mol. The lowest BCUT2D eigenvalue weighted by Gasteiger charge is -2.08. The average molecular weight is 303 g/mol. The summed E-state index contributed by atoms with van der Waals surface area (Å²) in [4.78, 5) is 24.0. The number of carbonyl (C=O) groups excluding carboxylic acids is 1. The second-order valence-corrected chi connectivity index (χ2v) is 6.30. The maximum atomic E-state index is 11.8. The minimum atomic E-state index is -0.187. The number of amides is 1. The van der Waals surface area contributed by atoms with Crippen molar-refractivity contribution in [3.8, 4) is 0 Å². The summed E-state index contributed by atoms with van der Waals surface area (Å²) in [6, 6.07) is 3.90. The number of carbonyl (C=O) groups is 1. The largest absolute Gasteiger partial charge is 0.398 e. The van der Waals surface area contributed by atoms with Crippen molar-refractivity contribution >= 4 is 29.0 Å². The summed E-state index contributed by atoms with van der Waals surface area (Å²) < 4.78 is 1.68. The van der Waals surface area contributed by atoms with Crippen LogP contribution in [0.4, 0.5) is 11.4 Å². The molecule has 4 N–H and O–H groups in total. The number of aromatic nitrogens is 3. The van der Waals surface area contributed by atoms with Gasteiger partial charge >= 0.3 is 5.69 Å². The summed E-state index contributed by atoms with van der Waals surface area (Å²) >= 11 is 1.34. The van der Waals surface area contributed by atoms with Gasteiger partial charge in [-0.25, -0.2) is 9.89 Å². The van der Waals surface area contributed by atoms with Crippen molar-refractivity contribution in [2.24, 2.45) is 0 Å². The van der Waals surface area contributed by atoms with Crippen molar-refractivity contribution in [2.45, 2.75) is 35.4 Å². The van der Waals surface area contributed by atoms with Gasteiger partial charge in [0.15, 0.2) is 5.16 Å². The Hall–Kier alpha value is -2.22. The first-order valence-electron chi connectivity index (χ1n) is 6.69. The van der Waals surface area contributed by atoms with Crippen LogP contribution in [0.25, 0.3) is 0 Å². The molecule has 0 radical (unpaired) electrons.